The quantitative estimate of drug-likeness (QED) is 0.799. The van der Waals surface area contributed by atoms with Crippen LogP contribution in [0.3, 0.4) is 0 Å². The molecule has 2 aliphatic rings. The van der Waals surface area contributed by atoms with E-state index in [2.05, 4.69) is 4.90 Å². The SMILES string of the molecule is O=C(O)CCCN1CCCC2CCCCC21. The zero-order chi connectivity index (χ0) is 11.4. The summed E-state index contributed by atoms with van der Waals surface area (Å²) in [5.41, 5.74) is 0. The van der Waals surface area contributed by atoms with E-state index < -0.39 is 5.97 Å². The standard InChI is InChI=1S/C13H23NO2/c15-13(16)8-4-10-14-9-3-6-11-5-1-2-7-12(11)14/h11-12H,1-10H2,(H,15,16). The van der Waals surface area contributed by atoms with Crippen molar-refractivity contribution in [1.29, 1.82) is 0 Å². The molecule has 3 nitrogen and oxygen atoms in total. The number of likely N-dealkylation sites (tertiary alicyclic amines) is 1. The Labute approximate surface area is 97.8 Å². The zero-order valence-corrected chi connectivity index (χ0v) is 10.0. The lowest BCUT2D eigenvalue weighted by molar-refractivity contribution is -0.137. The second kappa shape index (κ2) is 5.67. The Balaban J connectivity index is 1.80. The van der Waals surface area contributed by atoms with Gasteiger partial charge in [0.05, 0.1) is 0 Å². The Morgan fingerprint density at radius 1 is 1.19 bits per heavy atom. The second-order valence-corrected chi connectivity index (χ2v) is 5.29. The van der Waals surface area contributed by atoms with Crippen molar-refractivity contribution in [3.8, 4) is 0 Å². The first-order valence-electron chi connectivity index (χ1n) is 6.73. The van der Waals surface area contributed by atoms with Crippen molar-refractivity contribution in [3.05, 3.63) is 0 Å². The van der Waals surface area contributed by atoms with Gasteiger partial charge in [0.1, 0.15) is 0 Å². The molecule has 0 aromatic rings. The lowest BCUT2D eigenvalue weighted by Gasteiger charge is -2.44. The van der Waals surface area contributed by atoms with E-state index in [1.54, 1.807) is 0 Å². The van der Waals surface area contributed by atoms with Crippen LogP contribution in [0, 0.1) is 5.92 Å². The van der Waals surface area contributed by atoms with Crippen LogP contribution in [-0.4, -0.2) is 35.1 Å². The summed E-state index contributed by atoms with van der Waals surface area (Å²) in [6, 6.07) is 0.774. The third-order valence-electron chi connectivity index (χ3n) is 4.19. The summed E-state index contributed by atoms with van der Waals surface area (Å²) < 4.78 is 0. The highest BCUT2D eigenvalue weighted by molar-refractivity contribution is 5.66. The summed E-state index contributed by atoms with van der Waals surface area (Å²) in [4.78, 5) is 13.1. The van der Waals surface area contributed by atoms with Crippen LogP contribution in [0.5, 0.6) is 0 Å². The van der Waals surface area contributed by atoms with Crippen LogP contribution < -0.4 is 0 Å². The minimum atomic E-state index is -0.655. The van der Waals surface area contributed by atoms with Crippen LogP contribution in [0.25, 0.3) is 0 Å². The number of hydrogen-bond donors (Lipinski definition) is 1. The lowest BCUT2D eigenvalue weighted by Crippen LogP contribution is -2.47. The van der Waals surface area contributed by atoms with E-state index in [9.17, 15) is 4.79 Å². The van der Waals surface area contributed by atoms with E-state index in [0.29, 0.717) is 6.42 Å². The van der Waals surface area contributed by atoms with Crippen molar-refractivity contribution in [1.82, 2.24) is 4.90 Å². The Morgan fingerprint density at radius 3 is 2.75 bits per heavy atom. The Bertz CT molecular complexity index is 240. The first-order valence-corrected chi connectivity index (χ1v) is 6.73. The summed E-state index contributed by atoms with van der Waals surface area (Å²) in [6.07, 6.45) is 9.39. The van der Waals surface area contributed by atoms with Crippen molar-refractivity contribution < 1.29 is 9.90 Å². The van der Waals surface area contributed by atoms with Gasteiger partial charge in [-0.05, 0) is 51.1 Å². The number of hydrogen-bond acceptors (Lipinski definition) is 2. The van der Waals surface area contributed by atoms with Gasteiger partial charge in [0.25, 0.3) is 0 Å². The molecule has 2 atom stereocenters. The third kappa shape index (κ3) is 2.97. The van der Waals surface area contributed by atoms with Crippen molar-refractivity contribution in [3.63, 3.8) is 0 Å². The number of carboxylic acids is 1. The minimum Gasteiger partial charge on any atom is -0.481 e. The summed E-state index contributed by atoms with van der Waals surface area (Å²) in [7, 11) is 0. The van der Waals surface area contributed by atoms with Crippen LogP contribution in [0.4, 0.5) is 0 Å². The molecule has 0 aromatic carbocycles. The topological polar surface area (TPSA) is 40.5 Å². The highest BCUT2D eigenvalue weighted by Crippen LogP contribution is 2.35. The van der Waals surface area contributed by atoms with Gasteiger partial charge >= 0.3 is 5.97 Å². The molecule has 1 saturated heterocycles. The molecular formula is C13H23NO2. The fourth-order valence-electron chi connectivity index (χ4n) is 3.44. The van der Waals surface area contributed by atoms with Gasteiger partial charge in [-0.2, -0.15) is 0 Å². The molecule has 0 amide bonds. The monoisotopic (exact) mass is 225 g/mol. The maximum Gasteiger partial charge on any atom is 0.303 e. The van der Waals surface area contributed by atoms with Crippen molar-refractivity contribution in [2.24, 2.45) is 5.92 Å². The molecule has 1 aliphatic heterocycles. The average Bonchev–Trinajstić information content (AvgIpc) is 2.29. The van der Waals surface area contributed by atoms with Gasteiger partial charge in [-0.15, -0.1) is 0 Å². The third-order valence-corrected chi connectivity index (χ3v) is 4.19. The smallest absolute Gasteiger partial charge is 0.303 e. The predicted octanol–water partition coefficient (Wildman–Crippen LogP) is 2.51. The van der Waals surface area contributed by atoms with E-state index in [-0.39, 0.29) is 0 Å². The summed E-state index contributed by atoms with van der Waals surface area (Å²) >= 11 is 0. The molecule has 1 N–H and O–H groups in total. The number of nitrogens with zero attached hydrogens (tertiary/aromatic N) is 1. The second-order valence-electron chi connectivity index (χ2n) is 5.29. The molecule has 0 radical (unpaired) electrons. The summed E-state index contributed by atoms with van der Waals surface area (Å²) in [5, 5.41) is 8.66. The van der Waals surface area contributed by atoms with Crippen LogP contribution in [0.1, 0.15) is 51.4 Å². The van der Waals surface area contributed by atoms with Crippen molar-refractivity contribution in [2.75, 3.05) is 13.1 Å². The van der Waals surface area contributed by atoms with Gasteiger partial charge in [-0.3, -0.25) is 4.79 Å². The Morgan fingerprint density at radius 2 is 1.94 bits per heavy atom. The highest BCUT2D eigenvalue weighted by atomic mass is 16.4. The van der Waals surface area contributed by atoms with Crippen LogP contribution in [-0.2, 0) is 4.79 Å². The number of piperidine rings is 1. The molecule has 1 aliphatic carbocycles. The fraction of sp³-hybridized carbons (Fsp3) is 0.923. The van der Waals surface area contributed by atoms with Crippen molar-refractivity contribution >= 4 is 5.97 Å². The molecule has 0 spiro atoms. The molecule has 2 unspecified atom stereocenters. The maximum atomic E-state index is 10.5. The first-order chi connectivity index (χ1) is 7.77. The van der Waals surface area contributed by atoms with Gasteiger partial charge in [-0.25, -0.2) is 0 Å². The summed E-state index contributed by atoms with van der Waals surface area (Å²) in [5.74, 6) is 0.254. The van der Waals surface area contributed by atoms with Gasteiger partial charge < -0.3 is 10.0 Å². The van der Waals surface area contributed by atoms with E-state index >= 15 is 0 Å². The van der Waals surface area contributed by atoms with E-state index in [1.165, 1.54) is 45.1 Å². The van der Waals surface area contributed by atoms with Gasteiger partial charge in [0.15, 0.2) is 0 Å². The Kier molecular flexibility index (Phi) is 4.22. The normalized spacial score (nSPS) is 31.0. The van der Waals surface area contributed by atoms with Gasteiger partial charge in [0.2, 0.25) is 0 Å². The molecule has 0 aromatic heterocycles. The summed E-state index contributed by atoms with van der Waals surface area (Å²) in [6.45, 7) is 2.19. The van der Waals surface area contributed by atoms with Gasteiger partial charge in [-0.1, -0.05) is 12.8 Å². The van der Waals surface area contributed by atoms with Crippen LogP contribution >= 0.6 is 0 Å². The largest absolute Gasteiger partial charge is 0.481 e. The lowest BCUT2D eigenvalue weighted by atomic mass is 9.78. The van der Waals surface area contributed by atoms with E-state index in [1.807, 2.05) is 0 Å². The number of carbonyl (C=O) groups is 1. The molecule has 0 bridgehead atoms. The molecule has 1 saturated carbocycles. The van der Waals surface area contributed by atoms with E-state index in [0.717, 1.165) is 24.9 Å². The molecular weight excluding hydrogens is 202 g/mol. The highest BCUT2D eigenvalue weighted by Gasteiger charge is 2.32. The van der Waals surface area contributed by atoms with Gasteiger partial charge in [0, 0.05) is 12.5 Å². The number of carboxylic acid groups (broad SMARTS) is 1. The molecule has 92 valence electrons. The Hall–Kier alpha value is -0.570. The molecule has 2 fully saturated rings. The van der Waals surface area contributed by atoms with Crippen molar-refractivity contribution in [2.45, 2.75) is 57.4 Å². The fourth-order valence-corrected chi connectivity index (χ4v) is 3.44. The van der Waals surface area contributed by atoms with E-state index in [4.69, 9.17) is 5.11 Å². The number of rotatable bonds is 4. The van der Waals surface area contributed by atoms with Crippen LogP contribution in [0.15, 0.2) is 0 Å². The molecule has 3 heteroatoms. The zero-order valence-electron chi connectivity index (χ0n) is 10.0. The molecule has 2 rings (SSSR count). The molecule has 1 heterocycles. The average molecular weight is 225 g/mol. The number of aliphatic carboxylic acids is 1. The predicted molar refractivity (Wildman–Crippen MR) is 63.4 cm³/mol. The maximum absolute atomic E-state index is 10.5. The molecule has 16 heavy (non-hydrogen) atoms. The minimum absolute atomic E-state index is 0.327. The number of fused-ring (bicyclic) bond motifs is 1. The van der Waals surface area contributed by atoms with Crippen LogP contribution in [0.2, 0.25) is 0 Å². The first kappa shape index (κ1) is 11.9.